The molecule has 1 fully saturated rings. The Morgan fingerprint density at radius 3 is 2.90 bits per heavy atom. The summed E-state index contributed by atoms with van der Waals surface area (Å²) in [6.45, 7) is 7.20. The first-order chi connectivity index (χ1) is 14.0. The van der Waals surface area contributed by atoms with E-state index in [2.05, 4.69) is 49.8 Å². The van der Waals surface area contributed by atoms with Gasteiger partial charge in [-0.2, -0.15) is 0 Å². The van der Waals surface area contributed by atoms with Gasteiger partial charge in [0, 0.05) is 38.9 Å². The smallest absolute Gasteiger partial charge is 0.191 e. The van der Waals surface area contributed by atoms with Crippen molar-refractivity contribution in [1.29, 1.82) is 0 Å². The van der Waals surface area contributed by atoms with Gasteiger partial charge in [-0.15, -0.1) is 0 Å². The van der Waals surface area contributed by atoms with Crippen LogP contribution in [0.3, 0.4) is 0 Å². The van der Waals surface area contributed by atoms with Crippen molar-refractivity contribution in [3.63, 3.8) is 0 Å². The van der Waals surface area contributed by atoms with E-state index in [0.29, 0.717) is 24.2 Å². The first-order valence-corrected chi connectivity index (χ1v) is 10.4. The Balaban J connectivity index is 1.50. The third kappa shape index (κ3) is 6.34. The first kappa shape index (κ1) is 21.4. The fourth-order valence-electron chi connectivity index (χ4n) is 3.35. The van der Waals surface area contributed by atoms with E-state index in [9.17, 15) is 0 Å². The van der Waals surface area contributed by atoms with Gasteiger partial charge in [0.2, 0.25) is 0 Å². The van der Waals surface area contributed by atoms with Crippen molar-refractivity contribution in [2.45, 2.75) is 45.6 Å². The highest BCUT2D eigenvalue weighted by Gasteiger charge is 2.25. The molecule has 1 aromatic carbocycles. The molecular weight excluding hydrogens is 386 g/mol. The minimum atomic E-state index is 0.228. The van der Waals surface area contributed by atoms with E-state index in [1.807, 2.05) is 26.0 Å². The molecule has 1 saturated heterocycles. The van der Waals surface area contributed by atoms with Crippen molar-refractivity contribution in [2.75, 3.05) is 25.0 Å². The van der Waals surface area contributed by atoms with E-state index in [1.54, 1.807) is 13.2 Å². The van der Waals surface area contributed by atoms with Crippen LogP contribution in [0.25, 0.3) is 0 Å². The summed E-state index contributed by atoms with van der Waals surface area (Å²) in [6, 6.07) is 12.5. The first-order valence-electron chi connectivity index (χ1n) is 10.1. The molecule has 1 unspecified atom stereocenters. The second kappa shape index (κ2) is 10.5. The van der Waals surface area contributed by atoms with Crippen LogP contribution in [-0.2, 0) is 17.9 Å². The van der Waals surface area contributed by atoms with Crippen molar-refractivity contribution in [2.24, 2.45) is 4.99 Å². The van der Waals surface area contributed by atoms with E-state index in [0.717, 1.165) is 31.3 Å². The van der Waals surface area contributed by atoms with Crippen molar-refractivity contribution in [1.82, 2.24) is 15.6 Å². The maximum absolute atomic E-state index is 6.29. The third-order valence-corrected chi connectivity index (χ3v) is 5.12. The van der Waals surface area contributed by atoms with Gasteiger partial charge >= 0.3 is 0 Å². The molecule has 2 aromatic rings. The van der Waals surface area contributed by atoms with Crippen LogP contribution in [0.5, 0.6) is 0 Å². The van der Waals surface area contributed by atoms with Crippen molar-refractivity contribution in [3.05, 3.63) is 58.7 Å². The van der Waals surface area contributed by atoms with Crippen LogP contribution in [0.1, 0.15) is 31.4 Å². The fourth-order valence-corrected chi connectivity index (χ4v) is 3.59. The molecule has 2 heterocycles. The molecule has 29 heavy (non-hydrogen) atoms. The van der Waals surface area contributed by atoms with Gasteiger partial charge < -0.3 is 20.3 Å². The van der Waals surface area contributed by atoms with Crippen LogP contribution < -0.4 is 15.5 Å². The number of halogens is 1. The lowest BCUT2D eigenvalue weighted by molar-refractivity contribution is 0.0657. The Hall–Kier alpha value is -2.31. The van der Waals surface area contributed by atoms with Gasteiger partial charge in [-0.05, 0) is 43.5 Å². The Kier molecular flexibility index (Phi) is 7.72. The van der Waals surface area contributed by atoms with E-state index < -0.39 is 0 Å². The molecule has 7 heteroatoms. The summed E-state index contributed by atoms with van der Waals surface area (Å²) in [7, 11) is 1.80. The van der Waals surface area contributed by atoms with Crippen molar-refractivity contribution in [3.8, 4) is 0 Å². The Morgan fingerprint density at radius 1 is 1.31 bits per heavy atom. The molecule has 1 aliphatic rings. The summed E-state index contributed by atoms with van der Waals surface area (Å²) in [5.41, 5.74) is 2.38. The normalized spacial score (nSPS) is 17.1. The number of guanidine groups is 1. The van der Waals surface area contributed by atoms with Crippen molar-refractivity contribution < 1.29 is 4.74 Å². The quantitative estimate of drug-likeness (QED) is 0.534. The van der Waals surface area contributed by atoms with Gasteiger partial charge in [-0.1, -0.05) is 35.9 Å². The van der Waals surface area contributed by atoms with Crippen LogP contribution in [-0.4, -0.2) is 43.2 Å². The molecule has 0 spiro atoms. The molecule has 0 bridgehead atoms. The number of hydrogen-bond donors (Lipinski definition) is 2. The van der Waals surface area contributed by atoms with Crippen molar-refractivity contribution >= 4 is 23.4 Å². The summed E-state index contributed by atoms with van der Waals surface area (Å²) in [4.78, 5) is 11.0. The lowest BCUT2D eigenvalue weighted by Crippen LogP contribution is -2.44. The summed E-state index contributed by atoms with van der Waals surface area (Å²) >= 11 is 6.29. The molecule has 0 amide bonds. The second-order valence-electron chi connectivity index (χ2n) is 7.49. The summed E-state index contributed by atoms with van der Waals surface area (Å²) in [5.74, 6) is 1.65. The molecule has 2 N–H and O–H groups in total. The lowest BCUT2D eigenvalue weighted by Gasteiger charge is -2.20. The Labute approximate surface area is 178 Å². The van der Waals surface area contributed by atoms with E-state index >= 15 is 0 Å². The SMILES string of the molecule is CN=C(NCc1cccc(COC(C)C)c1)NC1CCN(c2ncccc2Cl)C1. The van der Waals surface area contributed by atoms with Gasteiger partial charge in [-0.25, -0.2) is 4.98 Å². The number of anilines is 1. The highest BCUT2D eigenvalue weighted by molar-refractivity contribution is 6.32. The molecule has 156 valence electrons. The van der Waals surface area contributed by atoms with Gasteiger partial charge in [0.05, 0.1) is 17.7 Å². The van der Waals surface area contributed by atoms with Crippen LogP contribution >= 0.6 is 11.6 Å². The van der Waals surface area contributed by atoms with Crippen LogP contribution in [0.15, 0.2) is 47.6 Å². The lowest BCUT2D eigenvalue weighted by atomic mass is 10.1. The number of pyridine rings is 1. The molecule has 0 aliphatic carbocycles. The van der Waals surface area contributed by atoms with Gasteiger partial charge in [-0.3, -0.25) is 4.99 Å². The molecular formula is C22H30ClN5O. The Bertz CT molecular complexity index is 826. The maximum atomic E-state index is 6.29. The van der Waals surface area contributed by atoms with Gasteiger partial charge in [0.25, 0.3) is 0 Å². The zero-order chi connectivity index (χ0) is 20.6. The molecule has 6 nitrogen and oxygen atoms in total. The van der Waals surface area contributed by atoms with E-state index in [-0.39, 0.29) is 6.10 Å². The standard InChI is InChI=1S/C22H30ClN5O/c1-16(2)29-15-18-7-4-6-17(12-18)13-26-22(24-3)27-19-9-11-28(14-19)21-20(23)8-5-10-25-21/h4-8,10,12,16,19H,9,11,13-15H2,1-3H3,(H2,24,26,27). The largest absolute Gasteiger partial charge is 0.374 e. The number of nitrogens with one attached hydrogen (secondary N) is 2. The highest BCUT2D eigenvalue weighted by atomic mass is 35.5. The average molecular weight is 416 g/mol. The van der Waals surface area contributed by atoms with Crippen LogP contribution in [0, 0.1) is 0 Å². The molecule has 0 saturated carbocycles. The topological polar surface area (TPSA) is 61.8 Å². The van der Waals surface area contributed by atoms with E-state index in [4.69, 9.17) is 16.3 Å². The molecule has 1 atom stereocenters. The highest BCUT2D eigenvalue weighted by Crippen LogP contribution is 2.25. The van der Waals surface area contributed by atoms with E-state index in [1.165, 1.54) is 11.1 Å². The molecule has 1 aromatic heterocycles. The molecule has 1 aliphatic heterocycles. The number of ether oxygens (including phenoxy) is 1. The van der Waals surface area contributed by atoms with Gasteiger partial charge in [0.15, 0.2) is 5.96 Å². The Morgan fingerprint density at radius 2 is 2.14 bits per heavy atom. The summed E-state index contributed by atoms with van der Waals surface area (Å²) in [5, 5.41) is 7.61. The van der Waals surface area contributed by atoms with Crippen LogP contribution in [0.2, 0.25) is 5.02 Å². The number of benzene rings is 1. The molecule has 3 rings (SSSR count). The number of rotatable bonds is 7. The predicted molar refractivity (Wildman–Crippen MR) is 120 cm³/mol. The third-order valence-electron chi connectivity index (χ3n) is 4.83. The minimum Gasteiger partial charge on any atom is -0.374 e. The monoisotopic (exact) mass is 415 g/mol. The number of aliphatic imine (C=N–C) groups is 1. The zero-order valence-corrected chi connectivity index (χ0v) is 18.1. The molecule has 0 radical (unpaired) electrons. The minimum absolute atomic E-state index is 0.228. The summed E-state index contributed by atoms with van der Waals surface area (Å²) < 4.78 is 5.70. The zero-order valence-electron chi connectivity index (χ0n) is 17.4. The maximum Gasteiger partial charge on any atom is 0.191 e. The number of hydrogen-bond acceptors (Lipinski definition) is 4. The van der Waals surface area contributed by atoms with Gasteiger partial charge in [0.1, 0.15) is 5.82 Å². The number of nitrogens with zero attached hydrogens (tertiary/aromatic N) is 3. The predicted octanol–water partition coefficient (Wildman–Crippen LogP) is 3.60. The average Bonchev–Trinajstić information content (AvgIpc) is 3.18. The fraction of sp³-hybridized carbons (Fsp3) is 0.455. The number of aromatic nitrogens is 1. The summed E-state index contributed by atoms with van der Waals surface area (Å²) in [6.07, 6.45) is 3.02. The second-order valence-corrected chi connectivity index (χ2v) is 7.90. The van der Waals surface area contributed by atoms with Crippen LogP contribution in [0.4, 0.5) is 5.82 Å².